The van der Waals surface area contributed by atoms with Gasteiger partial charge < -0.3 is 0 Å². The topological polar surface area (TPSA) is 43.4 Å². The maximum Gasteiger partial charge on any atom is 0.273 e. The summed E-state index contributed by atoms with van der Waals surface area (Å²) in [6.45, 7) is 13.1. The van der Waals surface area contributed by atoms with Crippen LogP contribution in [0.25, 0.3) is 33.7 Å². The molecule has 162 valence electrons. The van der Waals surface area contributed by atoms with E-state index < -0.39 is 0 Å². The smallest absolute Gasteiger partial charge is 0.226 e. The number of rotatable bonds is 4. The molecule has 32 heavy (non-hydrogen) atoms. The lowest BCUT2D eigenvalue weighted by Crippen LogP contribution is -2.34. The van der Waals surface area contributed by atoms with Gasteiger partial charge in [-0.15, -0.1) is 0 Å². The average Bonchev–Trinajstić information content (AvgIpc) is 3.34. The zero-order valence-electron chi connectivity index (χ0n) is 19.6. The Morgan fingerprint density at radius 2 is 1.12 bits per heavy atom. The number of aryl methyl sites for hydroxylation is 2. The number of fused-ring (bicyclic) bond motifs is 2. The van der Waals surface area contributed by atoms with E-state index in [-0.39, 0.29) is 0 Å². The summed E-state index contributed by atoms with van der Waals surface area (Å²) in [5.74, 6) is 0. The van der Waals surface area contributed by atoms with E-state index in [1.54, 1.807) is 0 Å². The van der Waals surface area contributed by atoms with Gasteiger partial charge in [0, 0.05) is 18.5 Å². The van der Waals surface area contributed by atoms with Crippen molar-refractivity contribution in [2.45, 2.75) is 53.6 Å². The number of hydrogen-bond donors (Lipinski definition) is 0. The minimum absolute atomic E-state index is 0.343. The summed E-state index contributed by atoms with van der Waals surface area (Å²) in [5, 5.41) is 0. The first-order valence-corrected chi connectivity index (χ1v) is 11.2. The van der Waals surface area contributed by atoms with Gasteiger partial charge in [0.15, 0.2) is 11.0 Å². The SMILES string of the molecule is Cc1cc(C)c(-n2c[n+](C(C)C)c3cccnc32)cc1-n1c[n+](C(C)C)c2cccnc21. The minimum atomic E-state index is 0.343. The molecule has 0 N–H and O–H groups in total. The van der Waals surface area contributed by atoms with Gasteiger partial charge in [-0.1, -0.05) is 0 Å². The fraction of sp³-hybridized carbons (Fsp3) is 0.308. The van der Waals surface area contributed by atoms with Crippen LogP contribution in [0.5, 0.6) is 0 Å². The standard InChI is InChI=1S/C26H30N6/c1-17(2)29-15-31(25-21(29)9-7-11-27-25)23-14-24(20(6)13-19(23)5)32-16-30(18(3)4)22-10-8-12-28-26(22)32/h7-18H,1-6H3/q+2. The molecular formula is C26H30N6+2. The zero-order chi connectivity index (χ0) is 22.6. The second-order valence-corrected chi connectivity index (χ2v) is 9.09. The normalized spacial score (nSPS) is 12.0. The van der Waals surface area contributed by atoms with Crippen molar-refractivity contribution in [2.75, 3.05) is 0 Å². The molecule has 0 aliphatic rings. The molecule has 0 saturated carbocycles. The second kappa shape index (κ2) is 7.55. The van der Waals surface area contributed by atoms with Crippen LogP contribution in [-0.2, 0) is 0 Å². The van der Waals surface area contributed by atoms with Gasteiger partial charge in [-0.25, -0.2) is 19.1 Å². The maximum absolute atomic E-state index is 4.72. The highest BCUT2D eigenvalue weighted by molar-refractivity contribution is 5.73. The molecule has 0 saturated heterocycles. The fourth-order valence-corrected chi connectivity index (χ4v) is 4.56. The number of hydrogen-bond acceptors (Lipinski definition) is 2. The predicted octanol–water partition coefficient (Wildman–Crippen LogP) is 4.72. The highest BCUT2D eigenvalue weighted by atomic mass is 15.2. The number of pyridine rings is 2. The van der Waals surface area contributed by atoms with Gasteiger partial charge in [0.25, 0.3) is 23.9 Å². The van der Waals surface area contributed by atoms with Crippen LogP contribution < -0.4 is 9.13 Å². The molecule has 0 fully saturated rings. The highest BCUT2D eigenvalue weighted by Crippen LogP contribution is 2.27. The van der Waals surface area contributed by atoms with Crippen molar-refractivity contribution >= 4 is 22.3 Å². The minimum Gasteiger partial charge on any atom is -0.226 e. The molecule has 0 amide bonds. The van der Waals surface area contributed by atoms with E-state index in [9.17, 15) is 0 Å². The summed E-state index contributed by atoms with van der Waals surface area (Å²) in [5.41, 5.74) is 8.88. The van der Waals surface area contributed by atoms with Crippen molar-refractivity contribution in [3.8, 4) is 11.4 Å². The molecule has 0 aliphatic carbocycles. The van der Waals surface area contributed by atoms with E-state index in [2.05, 4.69) is 96.7 Å². The summed E-state index contributed by atoms with van der Waals surface area (Å²) in [6.07, 6.45) is 8.07. The van der Waals surface area contributed by atoms with Crippen LogP contribution in [0.3, 0.4) is 0 Å². The van der Waals surface area contributed by atoms with Crippen molar-refractivity contribution in [3.63, 3.8) is 0 Å². The second-order valence-electron chi connectivity index (χ2n) is 9.09. The van der Waals surface area contributed by atoms with E-state index in [1.807, 2.05) is 24.5 Å². The Bertz CT molecular complexity index is 1350. The van der Waals surface area contributed by atoms with Gasteiger partial charge in [0.2, 0.25) is 0 Å². The summed E-state index contributed by atoms with van der Waals surface area (Å²) in [7, 11) is 0. The maximum atomic E-state index is 4.72. The Labute approximate surface area is 188 Å². The van der Waals surface area contributed by atoms with Crippen LogP contribution in [0, 0.1) is 13.8 Å². The zero-order valence-corrected chi connectivity index (χ0v) is 19.6. The van der Waals surface area contributed by atoms with Crippen LogP contribution in [-0.4, -0.2) is 19.1 Å². The van der Waals surface area contributed by atoms with E-state index in [4.69, 9.17) is 9.97 Å². The fourth-order valence-electron chi connectivity index (χ4n) is 4.56. The molecule has 0 radical (unpaired) electrons. The summed E-state index contributed by atoms with van der Waals surface area (Å²) >= 11 is 0. The summed E-state index contributed by atoms with van der Waals surface area (Å²) in [4.78, 5) is 9.45. The van der Waals surface area contributed by atoms with Gasteiger partial charge >= 0.3 is 0 Å². The van der Waals surface area contributed by atoms with Crippen LogP contribution in [0.4, 0.5) is 0 Å². The number of aromatic nitrogens is 6. The van der Waals surface area contributed by atoms with Crippen LogP contribution in [0.2, 0.25) is 0 Å². The molecule has 0 spiro atoms. The predicted molar refractivity (Wildman–Crippen MR) is 126 cm³/mol. The third-order valence-corrected chi connectivity index (χ3v) is 6.17. The third-order valence-electron chi connectivity index (χ3n) is 6.17. The Balaban J connectivity index is 1.79. The van der Waals surface area contributed by atoms with Gasteiger partial charge in [-0.3, -0.25) is 0 Å². The molecular weight excluding hydrogens is 396 g/mol. The van der Waals surface area contributed by atoms with Gasteiger partial charge in [-0.2, -0.15) is 9.13 Å². The van der Waals surface area contributed by atoms with Crippen molar-refractivity contribution in [2.24, 2.45) is 0 Å². The molecule has 0 aliphatic heterocycles. The molecule has 6 heteroatoms. The summed E-state index contributed by atoms with van der Waals surface area (Å²) < 4.78 is 8.98. The summed E-state index contributed by atoms with van der Waals surface area (Å²) in [6, 6.07) is 13.5. The number of nitrogens with zero attached hydrogens (tertiary/aromatic N) is 6. The molecule has 5 rings (SSSR count). The lowest BCUT2D eigenvalue weighted by molar-refractivity contribution is -0.692. The molecule has 1 aromatic carbocycles. The van der Waals surface area contributed by atoms with E-state index in [1.165, 1.54) is 11.1 Å². The highest BCUT2D eigenvalue weighted by Gasteiger charge is 2.26. The Kier molecular flexibility index (Phi) is 4.81. The number of imidazole rings is 2. The van der Waals surface area contributed by atoms with Crippen LogP contribution >= 0.6 is 0 Å². The Morgan fingerprint density at radius 3 is 1.53 bits per heavy atom. The van der Waals surface area contributed by atoms with Gasteiger partial charge in [0.1, 0.15) is 11.4 Å². The largest absolute Gasteiger partial charge is 0.273 e. The monoisotopic (exact) mass is 426 g/mol. The molecule has 0 unspecified atom stereocenters. The van der Waals surface area contributed by atoms with Crippen LogP contribution in [0.15, 0.2) is 61.4 Å². The quantitative estimate of drug-likeness (QED) is 0.390. The first-order valence-electron chi connectivity index (χ1n) is 11.2. The number of benzene rings is 1. The van der Waals surface area contributed by atoms with Gasteiger partial charge in [-0.05, 0) is 83.0 Å². The first-order chi connectivity index (χ1) is 15.4. The van der Waals surface area contributed by atoms with Crippen molar-refractivity contribution < 1.29 is 9.13 Å². The van der Waals surface area contributed by atoms with E-state index >= 15 is 0 Å². The third kappa shape index (κ3) is 3.09. The molecule has 4 aromatic heterocycles. The molecule has 0 atom stereocenters. The van der Waals surface area contributed by atoms with Crippen molar-refractivity contribution in [1.82, 2.24) is 19.1 Å². The van der Waals surface area contributed by atoms with E-state index in [0.29, 0.717) is 12.1 Å². The Hall–Kier alpha value is -3.54. The van der Waals surface area contributed by atoms with E-state index in [0.717, 1.165) is 33.7 Å². The lowest BCUT2D eigenvalue weighted by Gasteiger charge is -2.08. The van der Waals surface area contributed by atoms with Crippen molar-refractivity contribution in [1.29, 1.82) is 0 Å². The molecule has 5 aromatic rings. The Morgan fingerprint density at radius 1 is 0.688 bits per heavy atom. The molecule has 0 bridgehead atoms. The first kappa shape index (κ1) is 20.4. The average molecular weight is 427 g/mol. The lowest BCUT2D eigenvalue weighted by atomic mass is 10.1. The van der Waals surface area contributed by atoms with Crippen LogP contribution in [0.1, 0.15) is 50.9 Å². The molecule has 6 nitrogen and oxygen atoms in total. The van der Waals surface area contributed by atoms with Crippen molar-refractivity contribution in [3.05, 3.63) is 72.6 Å². The molecule has 4 heterocycles. The van der Waals surface area contributed by atoms with Gasteiger partial charge in [0.05, 0.1) is 12.1 Å².